The van der Waals surface area contributed by atoms with Gasteiger partial charge in [0, 0.05) is 30.1 Å². The summed E-state index contributed by atoms with van der Waals surface area (Å²) in [5, 5.41) is 0. The predicted octanol–water partition coefficient (Wildman–Crippen LogP) is 1.92. The number of nitrogens with zero attached hydrogens (tertiary/aromatic N) is 1. The van der Waals surface area contributed by atoms with Crippen LogP contribution in [0.5, 0.6) is 0 Å². The van der Waals surface area contributed by atoms with E-state index >= 15 is 0 Å². The molecule has 5 nitrogen and oxygen atoms in total. The first-order valence-corrected chi connectivity index (χ1v) is 9.27. The van der Waals surface area contributed by atoms with E-state index in [1.165, 1.54) is 0 Å². The molecule has 120 valence electrons. The van der Waals surface area contributed by atoms with Crippen molar-refractivity contribution in [2.24, 2.45) is 5.73 Å². The first-order chi connectivity index (χ1) is 9.81. The van der Waals surface area contributed by atoms with Gasteiger partial charge in [0.1, 0.15) is 0 Å². The standard InChI is InChI=1S/C14H24BrN3O2S/c1-4-11(2)18(3)8-7-17-21(19,20)14-9-12(10-16)5-6-13(14)15/h5-6,9,11,17H,4,7-8,10,16H2,1-3H3. The molecular formula is C14H24BrN3O2S. The van der Waals surface area contributed by atoms with Gasteiger partial charge in [0.05, 0.1) is 4.90 Å². The second-order valence-corrected chi connectivity index (χ2v) is 7.69. The number of halogens is 1. The number of benzene rings is 1. The number of likely N-dealkylation sites (N-methyl/N-ethyl adjacent to an activating group) is 1. The Hall–Kier alpha value is -0.470. The van der Waals surface area contributed by atoms with Crippen LogP contribution in [-0.4, -0.2) is 39.5 Å². The van der Waals surface area contributed by atoms with Crippen LogP contribution in [0.4, 0.5) is 0 Å². The van der Waals surface area contributed by atoms with Crippen molar-refractivity contribution in [1.29, 1.82) is 0 Å². The highest BCUT2D eigenvalue weighted by atomic mass is 79.9. The highest BCUT2D eigenvalue weighted by Gasteiger charge is 2.18. The van der Waals surface area contributed by atoms with E-state index in [1.54, 1.807) is 18.2 Å². The fraction of sp³-hybridized carbons (Fsp3) is 0.571. The molecule has 21 heavy (non-hydrogen) atoms. The number of hydrogen-bond donors (Lipinski definition) is 2. The molecule has 1 rings (SSSR count). The van der Waals surface area contributed by atoms with Crippen molar-refractivity contribution in [2.45, 2.75) is 37.8 Å². The summed E-state index contributed by atoms with van der Waals surface area (Å²) in [7, 11) is -1.54. The minimum absolute atomic E-state index is 0.233. The van der Waals surface area contributed by atoms with Crippen LogP contribution in [0, 0.1) is 0 Å². The molecule has 1 aromatic rings. The quantitative estimate of drug-likeness (QED) is 0.725. The fourth-order valence-electron chi connectivity index (χ4n) is 1.85. The van der Waals surface area contributed by atoms with Gasteiger partial charge in [-0.1, -0.05) is 13.0 Å². The Labute approximate surface area is 136 Å². The third kappa shape index (κ3) is 5.34. The van der Waals surface area contributed by atoms with Crippen molar-refractivity contribution in [3.63, 3.8) is 0 Å². The van der Waals surface area contributed by atoms with Crippen molar-refractivity contribution in [3.8, 4) is 0 Å². The van der Waals surface area contributed by atoms with Gasteiger partial charge in [-0.3, -0.25) is 0 Å². The lowest BCUT2D eigenvalue weighted by atomic mass is 10.2. The maximum atomic E-state index is 12.3. The molecule has 1 unspecified atom stereocenters. The number of rotatable bonds is 8. The van der Waals surface area contributed by atoms with E-state index in [9.17, 15) is 8.42 Å². The molecule has 0 aliphatic rings. The molecule has 0 bridgehead atoms. The van der Waals surface area contributed by atoms with Crippen molar-refractivity contribution in [2.75, 3.05) is 20.1 Å². The number of nitrogens with two attached hydrogens (primary N) is 1. The molecule has 0 aromatic heterocycles. The summed E-state index contributed by atoms with van der Waals surface area (Å²) < 4.78 is 27.9. The van der Waals surface area contributed by atoms with Gasteiger partial charge < -0.3 is 10.6 Å². The number of sulfonamides is 1. The average molecular weight is 378 g/mol. The lowest BCUT2D eigenvalue weighted by molar-refractivity contribution is 0.256. The molecule has 0 heterocycles. The van der Waals surface area contributed by atoms with Crippen LogP contribution in [0.2, 0.25) is 0 Å². The van der Waals surface area contributed by atoms with E-state index in [0.717, 1.165) is 12.0 Å². The molecular weight excluding hydrogens is 354 g/mol. The molecule has 1 aromatic carbocycles. The van der Waals surface area contributed by atoms with Gasteiger partial charge in [-0.25, -0.2) is 13.1 Å². The Morgan fingerprint density at radius 3 is 2.67 bits per heavy atom. The molecule has 0 aliphatic heterocycles. The second kappa shape index (κ2) is 8.24. The largest absolute Gasteiger partial charge is 0.326 e. The van der Waals surface area contributed by atoms with E-state index in [4.69, 9.17) is 5.73 Å². The van der Waals surface area contributed by atoms with E-state index < -0.39 is 10.0 Å². The van der Waals surface area contributed by atoms with Crippen LogP contribution in [0.3, 0.4) is 0 Å². The first kappa shape index (κ1) is 18.6. The van der Waals surface area contributed by atoms with Gasteiger partial charge >= 0.3 is 0 Å². The molecule has 0 saturated carbocycles. The zero-order valence-corrected chi connectivity index (χ0v) is 15.2. The third-order valence-corrected chi connectivity index (χ3v) is 6.08. The molecule has 0 amide bonds. The summed E-state index contributed by atoms with van der Waals surface area (Å²) in [5.74, 6) is 0. The Balaban J connectivity index is 2.74. The normalized spacial score (nSPS) is 13.6. The maximum absolute atomic E-state index is 12.3. The van der Waals surface area contributed by atoms with Gasteiger partial charge in [-0.15, -0.1) is 0 Å². The van der Waals surface area contributed by atoms with Crippen molar-refractivity contribution in [3.05, 3.63) is 28.2 Å². The monoisotopic (exact) mass is 377 g/mol. The van der Waals surface area contributed by atoms with E-state index in [-0.39, 0.29) is 4.90 Å². The van der Waals surface area contributed by atoms with E-state index in [0.29, 0.717) is 30.1 Å². The van der Waals surface area contributed by atoms with Gasteiger partial charge in [-0.05, 0) is 54.0 Å². The minimum atomic E-state index is -3.53. The van der Waals surface area contributed by atoms with Crippen molar-refractivity contribution in [1.82, 2.24) is 9.62 Å². The van der Waals surface area contributed by atoms with E-state index in [2.05, 4.69) is 39.4 Å². The van der Waals surface area contributed by atoms with Crippen LogP contribution in [0.15, 0.2) is 27.6 Å². The van der Waals surface area contributed by atoms with Crippen LogP contribution in [-0.2, 0) is 16.6 Å². The second-order valence-electron chi connectivity index (χ2n) is 5.10. The Morgan fingerprint density at radius 1 is 1.43 bits per heavy atom. The zero-order chi connectivity index (χ0) is 16.0. The van der Waals surface area contributed by atoms with Crippen LogP contribution in [0.25, 0.3) is 0 Å². The third-order valence-electron chi connectivity index (χ3n) is 3.62. The summed E-state index contributed by atoms with van der Waals surface area (Å²) >= 11 is 3.28. The molecule has 0 aliphatic carbocycles. The first-order valence-electron chi connectivity index (χ1n) is 7.00. The average Bonchev–Trinajstić information content (AvgIpc) is 2.46. The van der Waals surface area contributed by atoms with Gasteiger partial charge in [-0.2, -0.15) is 0 Å². The summed E-state index contributed by atoms with van der Waals surface area (Å²) in [4.78, 5) is 2.37. The smallest absolute Gasteiger partial charge is 0.241 e. The Kier molecular flexibility index (Phi) is 7.29. The van der Waals surface area contributed by atoms with Crippen LogP contribution in [0.1, 0.15) is 25.8 Å². The zero-order valence-electron chi connectivity index (χ0n) is 12.8. The van der Waals surface area contributed by atoms with Crippen molar-refractivity contribution >= 4 is 26.0 Å². The SMILES string of the molecule is CCC(C)N(C)CCNS(=O)(=O)c1cc(CN)ccc1Br. The minimum Gasteiger partial charge on any atom is -0.326 e. The molecule has 0 saturated heterocycles. The molecule has 0 fully saturated rings. The molecule has 3 N–H and O–H groups in total. The maximum Gasteiger partial charge on any atom is 0.241 e. The van der Waals surface area contributed by atoms with Crippen LogP contribution < -0.4 is 10.5 Å². The summed E-state index contributed by atoms with van der Waals surface area (Å²) in [5.41, 5.74) is 6.35. The Morgan fingerprint density at radius 2 is 2.10 bits per heavy atom. The van der Waals surface area contributed by atoms with Gasteiger partial charge in [0.15, 0.2) is 0 Å². The highest BCUT2D eigenvalue weighted by Crippen LogP contribution is 2.22. The van der Waals surface area contributed by atoms with Gasteiger partial charge in [0.2, 0.25) is 10.0 Å². The summed E-state index contributed by atoms with van der Waals surface area (Å²) in [6.45, 7) is 5.59. The van der Waals surface area contributed by atoms with E-state index in [1.807, 2.05) is 7.05 Å². The lowest BCUT2D eigenvalue weighted by Gasteiger charge is -2.23. The number of nitrogens with one attached hydrogen (secondary N) is 1. The topological polar surface area (TPSA) is 75.4 Å². The van der Waals surface area contributed by atoms with Crippen LogP contribution >= 0.6 is 15.9 Å². The Bertz CT molecular complexity index is 563. The molecule has 0 radical (unpaired) electrons. The van der Waals surface area contributed by atoms with Crippen molar-refractivity contribution < 1.29 is 8.42 Å². The number of hydrogen-bond acceptors (Lipinski definition) is 4. The molecule has 1 atom stereocenters. The predicted molar refractivity (Wildman–Crippen MR) is 89.6 cm³/mol. The summed E-state index contributed by atoms with van der Waals surface area (Å²) in [6, 6.07) is 5.55. The molecule has 7 heteroatoms. The molecule has 0 spiro atoms. The van der Waals surface area contributed by atoms with Gasteiger partial charge in [0.25, 0.3) is 0 Å². The summed E-state index contributed by atoms with van der Waals surface area (Å²) in [6.07, 6.45) is 1.04. The highest BCUT2D eigenvalue weighted by molar-refractivity contribution is 9.10. The lowest BCUT2D eigenvalue weighted by Crippen LogP contribution is -2.37. The fourth-order valence-corrected chi connectivity index (χ4v) is 3.88.